The van der Waals surface area contributed by atoms with Crippen LogP contribution in [0.15, 0.2) is 72.9 Å². The standard InChI is InChI=1S/C19H20N2/c1-20(2)18-12-10-17(11-13-18)19-9-6-14-21(19)15-16-7-4-3-5-8-16/h3-14H,15H2,1-2H3. The van der Waals surface area contributed by atoms with Crippen LogP contribution in [0.25, 0.3) is 11.3 Å². The molecule has 1 aromatic heterocycles. The van der Waals surface area contributed by atoms with Crippen molar-refractivity contribution in [2.45, 2.75) is 6.54 Å². The number of anilines is 1. The van der Waals surface area contributed by atoms with Gasteiger partial charge in [0.2, 0.25) is 0 Å². The molecule has 0 unspecified atom stereocenters. The van der Waals surface area contributed by atoms with Crippen LogP contribution >= 0.6 is 0 Å². The van der Waals surface area contributed by atoms with Gasteiger partial charge in [-0.05, 0) is 35.4 Å². The van der Waals surface area contributed by atoms with Gasteiger partial charge in [-0.25, -0.2) is 0 Å². The first-order chi connectivity index (χ1) is 10.2. The zero-order chi connectivity index (χ0) is 14.7. The Labute approximate surface area is 126 Å². The molecule has 0 saturated heterocycles. The SMILES string of the molecule is CN(C)c1ccc(-c2cccn2Cc2ccccc2)cc1. The summed E-state index contributed by atoms with van der Waals surface area (Å²) in [4.78, 5) is 2.12. The second kappa shape index (κ2) is 5.88. The molecule has 0 aliphatic heterocycles. The Morgan fingerprint density at radius 1 is 0.810 bits per heavy atom. The number of nitrogens with zero attached hydrogens (tertiary/aromatic N) is 2. The number of hydrogen-bond donors (Lipinski definition) is 0. The van der Waals surface area contributed by atoms with Crippen LogP contribution in [0.3, 0.4) is 0 Å². The van der Waals surface area contributed by atoms with Gasteiger partial charge in [-0.3, -0.25) is 0 Å². The van der Waals surface area contributed by atoms with Gasteiger partial charge in [-0.2, -0.15) is 0 Å². The van der Waals surface area contributed by atoms with E-state index in [9.17, 15) is 0 Å². The summed E-state index contributed by atoms with van der Waals surface area (Å²) in [5.74, 6) is 0. The molecule has 0 saturated carbocycles. The third-order valence-electron chi connectivity index (χ3n) is 3.70. The maximum absolute atomic E-state index is 2.29. The number of benzene rings is 2. The average Bonchev–Trinajstić information content (AvgIpc) is 2.96. The van der Waals surface area contributed by atoms with Crippen molar-refractivity contribution < 1.29 is 0 Å². The summed E-state index contributed by atoms with van der Waals surface area (Å²) in [6, 6.07) is 23.5. The molecule has 0 bridgehead atoms. The highest BCUT2D eigenvalue weighted by Crippen LogP contribution is 2.23. The molecule has 1 heterocycles. The largest absolute Gasteiger partial charge is 0.378 e. The monoisotopic (exact) mass is 276 g/mol. The molecule has 0 N–H and O–H groups in total. The number of aromatic nitrogens is 1. The van der Waals surface area contributed by atoms with Crippen LogP contribution in [-0.2, 0) is 6.54 Å². The van der Waals surface area contributed by atoms with Crippen molar-refractivity contribution in [2.24, 2.45) is 0 Å². The van der Waals surface area contributed by atoms with E-state index >= 15 is 0 Å². The highest BCUT2D eigenvalue weighted by molar-refractivity contribution is 5.63. The van der Waals surface area contributed by atoms with Gasteiger partial charge >= 0.3 is 0 Å². The second-order valence-electron chi connectivity index (χ2n) is 5.45. The quantitative estimate of drug-likeness (QED) is 0.691. The van der Waals surface area contributed by atoms with E-state index in [4.69, 9.17) is 0 Å². The number of hydrogen-bond acceptors (Lipinski definition) is 1. The van der Waals surface area contributed by atoms with Crippen LogP contribution < -0.4 is 4.90 Å². The van der Waals surface area contributed by atoms with Crippen LogP contribution in [0, 0.1) is 0 Å². The summed E-state index contributed by atoms with van der Waals surface area (Å²) in [5.41, 5.74) is 5.05. The summed E-state index contributed by atoms with van der Waals surface area (Å²) < 4.78 is 2.29. The molecule has 2 heteroatoms. The van der Waals surface area contributed by atoms with E-state index in [-0.39, 0.29) is 0 Å². The molecule has 0 radical (unpaired) electrons. The lowest BCUT2D eigenvalue weighted by Crippen LogP contribution is -2.08. The summed E-state index contributed by atoms with van der Waals surface area (Å²) in [7, 11) is 4.13. The minimum Gasteiger partial charge on any atom is -0.378 e. The molecule has 3 rings (SSSR count). The highest BCUT2D eigenvalue weighted by atomic mass is 15.1. The van der Waals surface area contributed by atoms with Crippen molar-refractivity contribution in [2.75, 3.05) is 19.0 Å². The molecular weight excluding hydrogens is 256 g/mol. The number of rotatable bonds is 4. The normalized spacial score (nSPS) is 10.6. The summed E-state index contributed by atoms with van der Waals surface area (Å²) in [6.45, 7) is 0.901. The van der Waals surface area contributed by atoms with Crippen molar-refractivity contribution in [1.82, 2.24) is 4.57 Å². The van der Waals surface area contributed by atoms with Gasteiger partial charge in [0, 0.05) is 38.2 Å². The van der Waals surface area contributed by atoms with Gasteiger partial charge in [-0.15, -0.1) is 0 Å². The van der Waals surface area contributed by atoms with Gasteiger partial charge < -0.3 is 9.47 Å². The molecule has 0 spiro atoms. The fraction of sp³-hybridized carbons (Fsp3) is 0.158. The predicted octanol–water partition coefficient (Wildman–Crippen LogP) is 4.27. The van der Waals surface area contributed by atoms with E-state index < -0.39 is 0 Å². The maximum atomic E-state index is 2.29. The van der Waals surface area contributed by atoms with E-state index in [0.717, 1.165) is 6.54 Å². The predicted molar refractivity (Wildman–Crippen MR) is 89.7 cm³/mol. The van der Waals surface area contributed by atoms with E-state index in [0.29, 0.717) is 0 Å². The molecule has 2 nitrogen and oxygen atoms in total. The van der Waals surface area contributed by atoms with Crippen LogP contribution in [-0.4, -0.2) is 18.7 Å². The first-order valence-electron chi connectivity index (χ1n) is 7.21. The average molecular weight is 276 g/mol. The second-order valence-corrected chi connectivity index (χ2v) is 5.45. The van der Waals surface area contributed by atoms with Crippen molar-refractivity contribution in [3.05, 3.63) is 78.5 Å². The minimum absolute atomic E-state index is 0.901. The fourth-order valence-corrected chi connectivity index (χ4v) is 2.52. The zero-order valence-corrected chi connectivity index (χ0v) is 12.5. The third-order valence-corrected chi connectivity index (χ3v) is 3.70. The fourth-order valence-electron chi connectivity index (χ4n) is 2.52. The van der Waals surface area contributed by atoms with Crippen molar-refractivity contribution in [3.63, 3.8) is 0 Å². The Morgan fingerprint density at radius 3 is 2.19 bits per heavy atom. The van der Waals surface area contributed by atoms with Crippen molar-refractivity contribution in [3.8, 4) is 11.3 Å². The topological polar surface area (TPSA) is 8.17 Å². The summed E-state index contributed by atoms with van der Waals surface area (Å²) in [5, 5.41) is 0. The Balaban J connectivity index is 1.88. The first-order valence-corrected chi connectivity index (χ1v) is 7.21. The Kier molecular flexibility index (Phi) is 3.78. The molecule has 21 heavy (non-hydrogen) atoms. The molecule has 3 aromatic rings. The van der Waals surface area contributed by atoms with Gasteiger partial charge in [0.05, 0.1) is 0 Å². The van der Waals surface area contributed by atoms with Crippen LogP contribution in [0.2, 0.25) is 0 Å². The first kappa shape index (κ1) is 13.5. The molecule has 2 aromatic carbocycles. The van der Waals surface area contributed by atoms with Crippen LogP contribution in [0.4, 0.5) is 5.69 Å². The summed E-state index contributed by atoms with van der Waals surface area (Å²) >= 11 is 0. The van der Waals surface area contributed by atoms with Crippen LogP contribution in [0.1, 0.15) is 5.56 Å². The maximum Gasteiger partial charge on any atom is 0.0483 e. The summed E-state index contributed by atoms with van der Waals surface area (Å²) in [6.07, 6.45) is 2.14. The van der Waals surface area contributed by atoms with Gasteiger partial charge in [0.1, 0.15) is 0 Å². The van der Waals surface area contributed by atoms with E-state index in [1.54, 1.807) is 0 Å². The molecule has 0 aliphatic rings. The van der Waals surface area contributed by atoms with E-state index in [1.807, 2.05) is 0 Å². The van der Waals surface area contributed by atoms with Crippen molar-refractivity contribution >= 4 is 5.69 Å². The Bertz CT molecular complexity index is 694. The molecule has 0 atom stereocenters. The minimum atomic E-state index is 0.901. The lowest BCUT2D eigenvalue weighted by Gasteiger charge is -2.14. The lowest BCUT2D eigenvalue weighted by molar-refractivity contribution is 0.814. The molecular formula is C19H20N2. The van der Waals surface area contributed by atoms with Gasteiger partial charge in [0.15, 0.2) is 0 Å². The molecule has 0 amide bonds. The van der Waals surface area contributed by atoms with E-state index in [2.05, 4.69) is 96.5 Å². The molecule has 0 fully saturated rings. The van der Waals surface area contributed by atoms with Gasteiger partial charge in [0.25, 0.3) is 0 Å². The molecule has 106 valence electrons. The Hall–Kier alpha value is -2.48. The Morgan fingerprint density at radius 2 is 1.52 bits per heavy atom. The van der Waals surface area contributed by atoms with Crippen LogP contribution in [0.5, 0.6) is 0 Å². The highest BCUT2D eigenvalue weighted by Gasteiger charge is 2.05. The van der Waals surface area contributed by atoms with Gasteiger partial charge in [-0.1, -0.05) is 42.5 Å². The smallest absolute Gasteiger partial charge is 0.0483 e. The lowest BCUT2D eigenvalue weighted by atomic mass is 10.1. The van der Waals surface area contributed by atoms with Crippen molar-refractivity contribution in [1.29, 1.82) is 0 Å². The zero-order valence-electron chi connectivity index (χ0n) is 12.5. The third kappa shape index (κ3) is 3.00. The molecule has 0 aliphatic carbocycles. The van der Waals surface area contributed by atoms with E-state index in [1.165, 1.54) is 22.5 Å².